The second-order valence-corrected chi connectivity index (χ2v) is 7.58. The molecule has 1 aliphatic rings. The molecule has 0 saturated heterocycles. The van der Waals surface area contributed by atoms with Crippen molar-refractivity contribution < 1.29 is 4.79 Å². The summed E-state index contributed by atoms with van der Waals surface area (Å²) in [5.74, 6) is 0.118. The normalized spacial score (nSPS) is 16.9. The Hall–Kier alpha value is -1.20. The van der Waals surface area contributed by atoms with Gasteiger partial charge >= 0.3 is 0 Å². The van der Waals surface area contributed by atoms with Gasteiger partial charge in [0.05, 0.1) is 12.1 Å². The molecule has 1 amide bonds. The minimum Gasteiger partial charge on any atom is -0.353 e. The molecule has 1 fully saturated rings. The van der Waals surface area contributed by atoms with Gasteiger partial charge in [0, 0.05) is 22.4 Å². The van der Waals surface area contributed by atoms with E-state index in [-0.39, 0.29) is 5.91 Å². The van der Waals surface area contributed by atoms with Crippen LogP contribution >= 0.6 is 22.7 Å². The number of rotatable bonds is 4. The molecule has 2 aromatic rings. The monoisotopic (exact) mass is 334 g/mol. The molecule has 0 aromatic carbocycles. The summed E-state index contributed by atoms with van der Waals surface area (Å²) >= 11 is 3.29. The summed E-state index contributed by atoms with van der Waals surface area (Å²) in [6.45, 7) is 0. The van der Waals surface area contributed by atoms with Crippen LogP contribution in [0.3, 0.4) is 0 Å². The zero-order valence-electron chi connectivity index (χ0n) is 12.7. The fourth-order valence-electron chi connectivity index (χ4n) is 2.95. The Morgan fingerprint density at radius 3 is 2.68 bits per heavy atom. The van der Waals surface area contributed by atoms with Crippen LogP contribution < -0.4 is 5.32 Å². The molecular weight excluding hydrogens is 312 g/mol. The van der Waals surface area contributed by atoms with E-state index in [1.54, 1.807) is 22.7 Å². The van der Waals surface area contributed by atoms with Crippen molar-refractivity contribution in [3.8, 4) is 10.6 Å². The summed E-state index contributed by atoms with van der Waals surface area (Å²) in [7, 11) is 0. The van der Waals surface area contributed by atoms with Gasteiger partial charge in [0.15, 0.2) is 0 Å². The number of thiophene rings is 1. The molecule has 0 aliphatic heterocycles. The lowest BCUT2D eigenvalue weighted by Gasteiger charge is -2.20. The maximum absolute atomic E-state index is 12.2. The van der Waals surface area contributed by atoms with Crippen LogP contribution in [0, 0.1) is 0 Å². The highest BCUT2D eigenvalue weighted by atomic mass is 32.1. The maximum atomic E-state index is 12.2. The average Bonchev–Trinajstić information content (AvgIpc) is 3.12. The molecular formula is C17H22N2OS2. The predicted octanol–water partition coefficient (Wildman–Crippen LogP) is 4.64. The van der Waals surface area contributed by atoms with Crippen molar-refractivity contribution in [2.75, 3.05) is 0 Å². The van der Waals surface area contributed by atoms with Gasteiger partial charge in [-0.2, -0.15) is 11.3 Å². The Labute approximate surface area is 139 Å². The number of aromatic nitrogens is 1. The summed E-state index contributed by atoms with van der Waals surface area (Å²) in [5.41, 5.74) is 2.04. The molecule has 0 unspecified atom stereocenters. The third-order valence-electron chi connectivity index (χ3n) is 4.13. The van der Waals surface area contributed by atoms with Gasteiger partial charge in [-0.1, -0.05) is 32.1 Å². The van der Waals surface area contributed by atoms with Crippen molar-refractivity contribution in [1.82, 2.24) is 10.3 Å². The van der Waals surface area contributed by atoms with E-state index < -0.39 is 0 Å². The fourth-order valence-corrected chi connectivity index (χ4v) is 4.48. The zero-order valence-corrected chi connectivity index (χ0v) is 14.3. The minimum absolute atomic E-state index is 0.118. The molecule has 2 aromatic heterocycles. The number of amides is 1. The highest BCUT2D eigenvalue weighted by Crippen LogP contribution is 2.26. The van der Waals surface area contributed by atoms with Gasteiger partial charge in [0.25, 0.3) is 0 Å². The van der Waals surface area contributed by atoms with Crippen LogP contribution in [0.4, 0.5) is 0 Å². The zero-order chi connectivity index (χ0) is 15.2. The maximum Gasteiger partial charge on any atom is 0.226 e. The van der Waals surface area contributed by atoms with E-state index in [4.69, 9.17) is 0 Å². The summed E-state index contributed by atoms with van der Waals surface area (Å²) in [6.07, 6.45) is 9.10. The molecule has 5 heteroatoms. The van der Waals surface area contributed by atoms with Crippen molar-refractivity contribution in [1.29, 1.82) is 0 Å². The summed E-state index contributed by atoms with van der Waals surface area (Å²) < 4.78 is 0. The molecule has 1 aliphatic carbocycles. The van der Waals surface area contributed by atoms with Crippen molar-refractivity contribution in [2.45, 2.75) is 57.4 Å². The molecule has 0 spiro atoms. The Morgan fingerprint density at radius 1 is 1.18 bits per heavy atom. The smallest absolute Gasteiger partial charge is 0.226 e. The first-order valence-electron chi connectivity index (χ1n) is 8.07. The quantitative estimate of drug-likeness (QED) is 0.885. The standard InChI is InChI=1S/C17H22N2OS2/c20-16(18-14-6-4-2-1-3-5-7-14)10-15-12-22-17(19-15)13-8-9-21-11-13/h8-9,11-12,14H,1-7,10H2,(H,18,20). The number of carbonyl (C=O) groups excluding carboxylic acids is 1. The average molecular weight is 335 g/mol. The first kappa shape index (κ1) is 15.7. The Bertz CT molecular complexity index is 584. The third kappa shape index (κ3) is 4.40. The third-order valence-corrected chi connectivity index (χ3v) is 5.76. The molecule has 22 heavy (non-hydrogen) atoms. The molecule has 0 radical (unpaired) electrons. The summed E-state index contributed by atoms with van der Waals surface area (Å²) in [4.78, 5) is 16.8. The van der Waals surface area contributed by atoms with E-state index in [1.807, 2.05) is 5.38 Å². The van der Waals surface area contributed by atoms with E-state index in [2.05, 4.69) is 27.1 Å². The summed E-state index contributed by atoms with van der Waals surface area (Å²) in [5, 5.41) is 10.4. The Balaban J connectivity index is 1.53. The SMILES string of the molecule is O=C(Cc1csc(-c2ccsc2)n1)NC1CCCCCCC1. The van der Waals surface area contributed by atoms with Crippen LogP contribution in [0.1, 0.15) is 50.6 Å². The number of hydrogen-bond donors (Lipinski definition) is 1. The molecule has 2 heterocycles. The van der Waals surface area contributed by atoms with Gasteiger partial charge in [0.2, 0.25) is 5.91 Å². The van der Waals surface area contributed by atoms with Crippen LogP contribution in [0.25, 0.3) is 10.6 Å². The van der Waals surface area contributed by atoms with Gasteiger partial charge in [-0.05, 0) is 24.3 Å². The van der Waals surface area contributed by atoms with Crippen LogP contribution in [-0.4, -0.2) is 16.9 Å². The van der Waals surface area contributed by atoms with E-state index in [0.717, 1.165) is 29.1 Å². The molecule has 0 atom stereocenters. The minimum atomic E-state index is 0.118. The predicted molar refractivity (Wildman–Crippen MR) is 93.4 cm³/mol. The Morgan fingerprint density at radius 2 is 1.95 bits per heavy atom. The number of carbonyl (C=O) groups is 1. The molecule has 3 rings (SSSR count). The Kier molecular flexibility index (Phi) is 5.62. The van der Waals surface area contributed by atoms with Crippen LogP contribution in [0.2, 0.25) is 0 Å². The largest absolute Gasteiger partial charge is 0.353 e. The van der Waals surface area contributed by atoms with Crippen LogP contribution in [0.5, 0.6) is 0 Å². The van der Waals surface area contributed by atoms with Crippen LogP contribution in [-0.2, 0) is 11.2 Å². The van der Waals surface area contributed by atoms with E-state index in [0.29, 0.717) is 12.5 Å². The van der Waals surface area contributed by atoms with E-state index in [1.165, 1.54) is 32.1 Å². The first-order chi connectivity index (χ1) is 10.8. The lowest BCUT2D eigenvalue weighted by Crippen LogP contribution is -2.36. The number of hydrogen-bond acceptors (Lipinski definition) is 4. The first-order valence-corrected chi connectivity index (χ1v) is 9.90. The fraction of sp³-hybridized carbons (Fsp3) is 0.529. The van der Waals surface area contributed by atoms with Gasteiger partial charge in [-0.3, -0.25) is 4.79 Å². The van der Waals surface area contributed by atoms with Crippen LogP contribution in [0.15, 0.2) is 22.2 Å². The second-order valence-electron chi connectivity index (χ2n) is 5.94. The van der Waals surface area contributed by atoms with Gasteiger partial charge < -0.3 is 5.32 Å². The number of nitrogens with zero attached hydrogens (tertiary/aromatic N) is 1. The number of nitrogens with one attached hydrogen (secondary N) is 1. The van der Waals surface area contributed by atoms with Crippen molar-refractivity contribution in [3.05, 3.63) is 27.9 Å². The lowest BCUT2D eigenvalue weighted by atomic mass is 9.96. The topological polar surface area (TPSA) is 42.0 Å². The molecule has 1 saturated carbocycles. The highest BCUT2D eigenvalue weighted by Gasteiger charge is 2.15. The molecule has 0 bridgehead atoms. The molecule has 3 nitrogen and oxygen atoms in total. The lowest BCUT2D eigenvalue weighted by molar-refractivity contribution is -0.121. The highest BCUT2D eigenvalue weighted by molar-refractivity contribution is 7.14. The van der Waals surface area contributed by atoms with E-state index in [9.17, 15) is 4.79 Å². The molecule has 118 valence electrons. The number of thiazole rings is 1. The van der Waals surface area contributed by atoms with Gasteiger partial charge in [0.1, 0.15) is 5.01 Å². The molecule has 1 N–H and O–H groups in total. The van der Waals surface area contributed by atoms with E-state index >= 15 is 0 Å². The summed E-state index contributed by atoms with van der Waals surface area (Å²) in [6, 6.07) is 2.43. The van der Waals surface area contributed by atoms with Crippen molar-refractivity contribution in [2.24, 2.45) is 0 Å². The van der Waals surface area contributed by atoms with Crippen molar-refractivity contribution in [3.63, 3.8) is 0 Å². The second kappa shape index (κ2) is 7.88. The van der Waals surface area contributed by atoms with Gasteiger partial charge in [-0.25, -0.2) is 4.98 Å². The van der Waals surface area contributed by atoms with Gasteiger partial charge in [-0.15, -0.1) is 11.3 Å². The van der Waals surface area contributed by atoms with Crippen molar-refractivity contribution >= 4 is 28.6 Å².